The number of benzene rings is 1. The summed E-state index contributed by atoms with van der Waals surface area (Å²) in [6, 6.07) is 10.2. The van der Waals surface area contributed by atoms with Gasteiger partial charge in [-0.25, -0.2) is 0 Å². The first-order valence-corrected chi connectivity index (χ1v) is 13.0. The van der Waals surface area contributed by atoms with Crippen molar-refractivity contribution in [2.45, 2.75) is 77.9 Å². The summed E-state index contributed by atoms with van der Waals surface area (Å²) < 4.78 is 0. The second-order valence-corrected chi connectivity index (χ2v) is 9.87. The normalized spacial score (nSPS) is 21.2. The molecular weight excluding hydrogens is 424 g/mol. The molecule has 0 radical (unpaired) electrons. The highest BCUT2D eigenvalue weighted by atomic mass is 16.3. The Morgan fingerprint density at radius 1 is 1.15 bits per heavy atom. The molecule has 34 heavy (non-hydrogen) atoms. The van der Waals surface area contributed by atoms with E-state index in [0.29, 0.717) is 35.1 Å². The topological polar surface area (TPSA) is 90.5 Å². The summed E-state index contributed by atoms with van der Waals surface area (Å²) in [5, 5.41) is 22.1. The van der Waals surface area contributed by atoms with Crippen molar-refractivity contribution in [2.75, 3.05) is 37.3 Å². The Kier molecular flexibility index (Phi) is 8.77. The van der Waals surface area contributed by atoms with Gasteiger partial charge in [0, 0.05) is 36.3 Å². The van der Waals surface area contributed by atoms with Crippen molar-refractivity contribution < 1.29 is 5.11 Å². The number of aromatic hydroxyl groups is 1. The average Bonchev–Trinajstić information content (AvgIpc) is 3.12. The molecule has 2 bridgehead atoms. The highest BCUT2D eigenvalue weighted by Gasteiger charge is 2.49. The maximum Gasteiger partial charge on any atom is 0.169 e. The molecule has 2 aliphatic rings. The SMILES string of the molecule is CC.CCC(CCNC)C(C)(C)N1C2CCC1CN(c1cc(-c3ccccc3O)nnc1N)C2. The zero-order chi connectivity index (χ0) is 24.9. The van der Waals surface area contributed by atoms with Crippen LogP contribution in [-0.2, 0) is 0 Å². The number of phenolic OH excluding ortho intramolecular Hbond substituents is 1. The van der Waals surface area contributed by atoms with Crippen LogP contribution in [0.2, 0.25) is 0 Å². The molecule has 2 aliphatic heterocycles. The molecule has 3 atom stereocenters. The molecule has 4 rings (SSSR count). The molecule has 3 heterocycles. The van der Waals surface area contributed by atoms with Gasteiger partial charge in [-0.05, 0) is 70.8 Å². The van der Waals surface area contributed by atoms with E-state index in [1.54, 1.807) is 6.07 Å². The number of nitrogens with one attached hydrogen (secondary N) is 1. The average molecular weight is 469 g/mol. The molecule has 1 aromatic carbocycles. The second kappa shape index (κ2) is 11.4. The third-order valence-electron chi connectivity index (χ3n) is 7.70. The van der Waals surface area contributed by atoms with Crippen molar-refractivity contribution in [3.8, 4) is 17.0 Å². The lowest BCUT2D eigenvalue weighted by Crippen LogP contribution is -2.63. The van der Waals surface area contributed by atoms with Crippen LogP contribution in [0.15, 0.2) is 30.3 Å². The number of nitrogens with zero attached hydrogens (tertiary/aromatic N) is 4. The van der Waals surface area contributed by atoms with Crippen LogP contribution in [0.4, 0.5) is 11.5 Å². The molecule has 188 valence electrons. The number of anilines is 2. The van der Waals surface area contributed by atoms with Gasteiger partial charge in [0.2, 0.25) is 0 Å². The fourth-order valence-corrected chi connectivity index (χ4v) is 6.09. The molecule has 0 amide bonds. The van der Waals surface area contributed by atoms with Crippen LogP contribution in [0.3, 0.4) is 0 Å². The molecule has 2 saturated heterocycles. The van der Waals surface area contributed by atoms with Gasteiger partial charge in [0.05, 0.1) is 11.4 Å². The van der Waals surface area contributed by atoms with E-state index in [2.05, 4.69) is 46.1 Å². The Morgan fingerprint density at radius 2 is 1.79 bits per heavy atom. The molecule has 4 N–H and O–H groups in total. The fraction of sp³-hybridized carbons (Fsp3) is 0.630. The third kappa shape index (κ3) is 5.15. The lowest BCUT2D eigenvalue weighted by Gasteiger charge is -2.53. The number of piperazine rings is 1. The van der Waals surface area contributed by atoms with Gasteiger partial charge in [0.1, 0.15) is 5.75 Å². The summed E-state index contributed by atoms with van der Waals surface area (Å²) in [7, 11) is 2.04. The highest BCUT2D eigenvalue weighted by Crippen LogP contribution is 2.43. The molecule has 1 aromatic heterocycles. The molecule has 0 spiro atoms. The zero-order valence-electron chi connectivity index (χ0n) is 21.9. The molecular formula is C27H44N6O. The number of hydrogen-bond acceptors (Lipinski definition) is 7. The first-order valence-electron chi connectivity index (χ1n) is 13.0. The summed E-state index contributed by atoms with van der Waals surface area (Å²) >= 11 is 0. The van der Waals surface area contributed by atoms with Crippen molar-refractivity contribution in [1.29, 1.82) is 0 Å². The van der Waals surface area contributed by atoms with Gasteiger partial charge in [-0.2, -0.15) is 0 Å². The smallest absolute Gasteiger partial charge is 0.169 e. The molecule has 2 fully saturated rings. The van der Waals surface area contributed by atoms with Gasteiger partial charge in [-0.15, -0.1) is 10.2 Å². The Bertz CT molecular complexity index is 919. The van der Waals surface area contributed by atoms with Crippen LogP contribution < -0.4 is 16.0 Å². The van der Waals surface area contributed by atoms with E-state index in [1.165, 1.54) is 25.7 Å². The quantitative estimate of drug-likeness (QED) is 0.524. The lowest BCUT2D eigenvalue weighted by atomic mass is 9.80. The molecule has 2 aromatic rings. The fourth-order valence-electron chi connectivity index (χ4n) is 6.09. The molecule has 0 saturated carbocycles. The van der Waals surface area contributed by atoms with E-state index in [9.17, 15) is 5.11 Å². The van der Waals surface area contributed by atoms with Crippen LogP contribution >= 0.6 is 0 Å². The maximum atomic E-state index is 10.3. The molecule has 7 nitrogen and oxygen atoms in total. The molecule has 3 unspecified atom stereocenters. The minimum atomic E-state index is 0.159. The number of para-hydroxylation sites is 1. The summed E-state index contributed by atoms with van der Waals surface area (Å²) in [6.45, 7) is 14.2. The van der Waals surface area contributed by atoms with Crippen molar-refractivity contribution in [2.24, 2.45) is 5.92 Å². The standard InChI is InChI=1S/C25H38N6O.C2H6/c1-5-17(12-13-27-4)25(2,3)31-18-10-11-19(31)16-30(15-18)22-14-21(28-29-24(22)26)20-8-6-7-9-23(20)32;1-2/h6-9,14,17-19,27,32H,5,10-13,15-16H2,1-4H3,(H2,26,29);1-2H3. The molecule has 0 aliphatic carbocycles. The van der Waals surface area contributed by atoms with Gasteiger partial charge in [-0.1, -0.05) is 39.3 Å². The largest absolute Gasteiger partial charge is 0.507 e. The molecule has 7 heteroatoms. The Hall–Kier alpha value is -2.38. The van der Waals surface area contributed by atoms with Crippen molar-refractivity contribution in [3.05, 3.63) is 30.3 Å². The van der Waals surface area contributed by atoms with Crippen molar-refractivity contribution in [1.82, 2.24) is 20.4 Å². The number of nitrogen functional groups attached to an aromatic ring is 1. The Balaban J connectivity index is 0.00000158. The first kappa shape index (κ1) is 26.2. The van der Waals surface area contributed by atoms with Gasteiger partial charge >= 0.3 is 0 Å². The third-order valence-corrected chi connectivity index (χ3v) is 7.70. The Labute approximate surface area is 205 Å². The van der Waals surface area contributed by atoms with Gasteiger partial charge in [0.15, 0.2) is 5.82 Å². The zero-order valence-corrected chi connectivity index (χ0v) is 21.9. The Morgan fingerprint density at radius 3 is 2.38 bits per heavy atom. The number of rotatable bonds is 8. The minimum absolute atomic E-state index is 0.159. The second-order valence-electron chi connectivity index (χ2n) is 9.87. The first-order chi connectivity index (χ1) is 16.4. The number of aromatic nitrogens is 2. The van der Waals surface area contributed by atoms with Crippen LogP contribution in [0.25, 0.3) is 11.3 Å². The van der Waals surface area contributed by atoms with Crippen LogP contribution in [-0.4, -0.2) is 64.5 Å². The van der Waals surface area contributed by atoms with E-state index in [1.807, 2.05) is 45.2 Å². The predicted octanol–water partition coefficient (Wildman–Crippen LogP) is 4.52. The summed E-state index contributed by atoms with van der Waals surface area (Å²) in [5.41, 5.74) is 8.71. The predicted molar refractivity (Wildman–Crippen MR) is 142 cm³/mol. The van der Waals surface area contributed by atoms with Crippen LogP contribution in [0, 0.1) is 5.92 Å². The van der Waals surface area contributed by atoms with Gasteiger partial charge in [-0.3, -0.25) is 4.90 Å². The monoisotopic (exact) mass is 468 g/mol. The van der Waals surface area contributed by atoms with Crippen LogP contribution in [0.5, 0.6) is 5.75 Å². The van der Waals surface area contributed by atoms with E-state index < -0.39 is 0 Å². The number of phenols is 1. The van der Waals surface area contributed by atoms with E-state index in [-0.39, 0.29) is 11.3 Å². The lowest BCUT2D eigenvalue weighted by molar-refractivity contribution is 0.00396. The summed E-state index contributed by atoms with van der Waals surface area (Å²) in [4.78, 5) is 5.19. The van der Waals surface area contributed by atoms with Crippen molar-refractivity contribution in [3.63, 3.8) is 0 Å². The number of fused-ring (bicyclic) bond motifs is 2. The van der Waals surface area contributed by atoms with E-state index in [0.717, 1.165) is 25.3 Å². The summed E-state index contributed by atoms with van der Waals surface area (Å²) in [6.07, 6.45) is 4.83. The van der Waals surface area contributed by atoms with E-state index in [4.69, 9.17) is 5.73 Å². The van der Waals surface area contributed by atoms with Crippen LogP contribution in [0.1, 0.15) is 60.3 Å². The summed E-state index contributed by atoms with van der Waals surface area (Å²) in [5.74, 6) is 1.32. The van der Waals surface area contributed by atoms with E-state index >= 15 is 0 Å². The van der Waals surface area contributed by atoms with Gasteiger partial charge < -0.3 is 21.1 Å². The van der Waals surface area contributed by atoms with Crippen molar-refractivity contribution >= 4 is 11.5 Å². The minimum Gasteiger partial charge on any atom is -0.507 e. The number of hydrogen-bond donors (Lipinski definition) is 3. The number of nitrogens with two attached hydrogens (primary N) is 1. The van der Waals surface area contributed by atoms with Gasteiger partial charge in [0.25, 0.3) is 0 Å². The highest BCUT2D eigenvalue weighted by molar-refractivity contribution is 5.74. The maximum absolute atomic E-state index is 10.3.